The molecule has 4 nitrogen and oxygen atoms in total. The quantitative estimate of drug-likeness (QED) is 0.909. The van der Waals surface area contributed by atoms with E-state index in [2.05, 4.69) is 4.98 Å². The van der Waals surface area contributed by atoms with Crippen molar-refractivity contribution in [2.75, 3.05) is 13.1 Å². The Morgan fingerprint density at radius 2 is 2.00 bits per heavy atom. The summed E-state index contributed by atoms with van der Waals surface area (Å²) in [7, 11) is 0. The topological polar surface area (TPSA) is 53.4 Å². The number of aromatic hydroxyl groups is 1. The number of nitrogens with zero attached hydrogens (tertiary/aromatic N) is 2. The molecule has 2 aromatic rings. The lowest BCUT2D eigenvalue weighted by Crippen LogP contribution is -2.28. The van der Waals surface area contributed by atoms with Crippen LogP contribution in [0, 0.1) is 0 Å². The molecule has 1 amide bonds. The first-order valence-corrected chi connectivity index (χ1v) is 7.69. The number of carbonyl (C=O) groups excluding carboxylic acids is 1. The van der Waals surface area contributed by atoms with Crippen LogP contribution in [0.4, 0.5) is 0 Å². The molecule has 1 aromatic carbocycles. The van der Waals surface area contributed by atoms with Crippen LogP contribution >= 0.6 is 23.2 Å². The zero-order chi connectivity index (χ0) is 15.7. The average molecular weight is 337 g/mol. The number of pyridine rings is 1. The van der Waals surface area contributed by atoms with E-state index in [4.69, 9.17) is 23.2 Å². The molecule has 0 aliphatic carbocycles. The molecule has 1 fully saturated rings. The van der Waals surface area contributed by atoms with E-state index in [0.717, 1.165) is 12.0 Å². The first kappa shape index (κ1) is 15.1. The summed E-state index contributed by atoms with van der Waals surface area (Å²) >= 11 is 11.9. The van der Waals surface area contributed by atoms with Gasteiger partial charge in [0.1, 0.15) is 5.75 Å². The summed E-state index contributed by atoms with van der Waals surface area (Å²) in [5.41, 5.74) is 1.28. The molecule has 0 spiro atoms. The van der Waals surface area contributed by atoms with E-state index in [-0.39, 0.29) is 28.2 Å². The van der Waals surface area contributed by atoms with E-state index in [1.54, 1.807) is 17.3 Å². The van der Waals surface area contributed by atoms with Gasteiger partial charge in [-0.3, -0.25) is 9.78 Å². The van der Waals surface area contributed by atoms with Gasteiger partial charge in [0.15, 0.2) is 0 Å². The molecule has 22 heavy (non-hydrogen) atoms. The van der Waals surface area contributed by atoms with Crippen molar-refractivity contribution >= 4 is 29.1 Å². The van der Waals surface area contributed by atoms with Gasteiger partial charge in [-0.15, -0.1) is 0 Å². The van der Waals surface area contributed by atoms with Gasteiger partial charge in [-0.1, -0.05) is 23.2 Å². The van der Waals surface area contributed by atoms with Gasteiger partial charge in [0.2, 0.25) is 0 Å². The summed E-state index contributed by atoms with van der Waals surface area (Å²) in [4.78, 5) is 18.3. The Hall–Kier alpha value is -1.78. The van der Waals surface area contributed by atoms with Crippen LogP contribution in [0.2, 0.25) is 10.0 Å². The van der Waals surface area contributed by atoms with Crippen molar-refractivity contribution in [2.45, 2.75) is 12.3 Å². The molecule has 0 bridgehead atoms. The maximum absolute atomic E-state index is 12.6. The van der Waals surface area contributed by atoms with Crippen molar-refractivity contribution in [1.82, 2.24) is 9.88 Å². The standard InChI is InChI=1S/C16H14Cl2N2O2/c17-12-7-13(18)15(14(21)8-12)16(22)20-6-3-11(9-20)10-1-4-19-5-2-10/h1-2,4-5,7-8,11,21H,3,6,9H2. The van der Waals surface area contributed by atoms with E-state index < -0.39 is 0 Å². The number of halogens is 2. The summed E-state index contributed by atoms with van der Waals surface area (Å²) in [6, 6.07) is 6.72. The van der Waals surface area contributed by atoms with Gasteiger partial charge in [-0.05, 0) is 36.2 Å². The minimum absolute atomic E-state index is 0.112. The third kappa shape index (κ3) is 2.89. The Morgan fingerprint density at radius 3 is 2.68 bits per heavy atom. The number of phenolic OH excluding ortho intramolecular Hbond substituents is 1. The van der Waals surface area contributed by atoms with Crippen LogP contribution in [0.25, 0.3) is 0 Å². The predicted octanol–water partition coefficient (Wildman–Crippen LogP) is 3.72. The number of phenols is 1. The van der Waals surface area contributed by atoms with Crippen LogP contribution in [-0.2, 0) is 0 Å². The monoisotopic (exact) mass is 336 g/mol. The van der Waals surface area contributed by atoms with Crippen LogP contribution in [0.1, 0.15) is 28.3 Å². The van der Waals surface area contributed by atoms with Gasteiger partial charge >= 0.3 is 0 Å². The zero-order valence-electron chi connectivity index (χ0n) is 11.7. The van der Waals surface area contributed by atoms with Crippen LogP contribution < -0.4 is 0 Å². The maximum Gasteiger partial charge on any atom is 0.259 e. The van der Waals surface area contributed by atoms with Gasteiger partial charge < -0.3 is 10.0 Å². The van der Waals surface area contributed by atoms with Crippen LogP contribution in [-0.4, -0.2) is 34.0 Å². The highest BCUT2D eigenvalue weighted by Gasteiger charge is 2.30. The van der Waals surface area contributed by atoms with Crippen molar-refractivity contribution in [2.24, 2.45) is 0 Å². The minimum Gasteiger partial charge on any atom is -0.507 e. The lowest BCUT2D eigenvalue weighted by atomic mass is 10.00. The van der Waals surface area contributed by atoms with Crippen molar-refractivity contribution < 1.29 is 9.90 Å². The zero-order valence-corrected chi connectivity index (χ0v) is 13.2. The summed E-state index contributed by atoms with van der Waals surface area (Å²) in [5, 5.41) is 10.4. The van der Waals surface area contributed by atoms with Crippen LogP contribution in [0.15, 0.2) is 36.7 Å². The van der Waals surface area contributed by atoms with Crippen molar-refractivity contribution in [3.8, 4) is 5.75 Å². The van der Waals surface area contributed by atoms with Crippen LogP contribution in [0.5, 0.6) is 5.75 Å². The Kier molecular flexibility index (Phi) is 4.23. The van der Waals surface area contributed by atoms with Gasteiger partial charge in [0, 0.05) is 36.4 Å². The number of rotatable bonds is 2. The number of hydrogen-bond acceptors (Lipinski definition) is 3. The lowest BCUT2D eigenvalue weighted by Gasteiger charge is -2.18. The fourth-order valence-electron chi connectivity index (χ4n) is 2.78. The number of hydrogen-bond donors (Lipinski definition) is 1. The molecule has 1 atom stereocenters. The lowest BCUT2D eigenvalue weighted by molar-refractivity contribution is 0.0788. The number of carbonyl (C=O) groups is 1. The normalized spacial score (nSPS) is 17.7. The van der Waals surface area contributed by atoms with Crippen molar-refractivity contribution in [1.29, 1.82) is 0 Å². The molecule has 114 valence electrons. The summed E-state index contributed by atoms with van der Waals surface area (Å²) in [5.74, 6) is -0.175. The second-order valence-corrected chi connectivity index (χ2v) is 6.14. The summed E-state index contributed by atoms with van der Waals surface area (Å²) in [6.45, 7) is 1.23. The number of aromatic nitrogens is 1. The van der Waals surface area contributed by atoms with Gasteiger partial charge in [-0.25, -0.2) is 0 Å². The first-order valence-electron chi connectivity index (χ1n) is 6.93. The molecule has 1 unspecified atom stereocenters. The van der Waals surface area contributed by atoms with Gasteiger partial charge in [0.05, 0.1) is 10.6 Å². The SMILES string of the molecule is O=C(c1c(O)cc(Cl)cc1Cl)N1CCC(c2ccncc2)C1. The molecule has 1 N–H and O–H groups in total. The Morgan fingerprint density at radius 1 is 1.27 bits per heavy atom. The third-order valence-corrected chi connectivity index (χ3v) is 4.42. The molecule has 2 heterocycles. The predicted molar refractivity (Wildman–Crippen MR) is 85.6 cm³/mol. The third-order valence-electron chi connectivity index (χ3n) is 3.90. The molecule has 6 heteroatoms. The molecule has 0 radical (unpaired) electrons. The Balaban J connectivity index is 1.80. The van der Waals surface area contributed by atoms with Gasteiger partial charge in [-0.2, -0.15) is 0 Å². The molecular formula is C16H14Cl2N2O2. The maximum atomic E-state index is 12.6. The van der Waals surface area contributed by atoms with E-state index in [1.165, 1.54) is 12.1 Å². The highest BCUT2D eigenvalue weighted by molar-refractivity contribution is 6.37. The Labute approximate surface area is 138 Å². The molecule has 1 aliphatic rings. The molecular weight excluding hydrogens is 323 g/mol. The molecule has 3 rings (SSSR count). The summed E-state index contributed by atoms with van der Waals surface area (Å²) in [6.07, 6.45) is 4.38. The average Bonchev–Trinajstić information content (AvgIpc) is 2.97. The Bertz CT molecular complexity index is 684. The fourth-order valence-corrected chi connectivity index (χ4v) is 3.35. The molecule has 1 aromatic heterocycles. The highest BCUT2D eigenvalue weighted by atomic mass is 35.5. The van der Waals surface area contributed by atoms with E-state index in [1.807, 2.05) is 12.1 Å². The number of likely N-dealkylation sites (tertiary alicyclic amines) is 1. The van der Waals surface area contributed by atoms with E-state index >= 15 is 0 Å². The van der Waals surface area contributed by atoms with Gasteiger partial charge in [0.25, 0.3) is 5.91 Å². The molecule has 1 saturated heterocycles. The van der Waals surface area contributed by atoms with E-state index in [0.29, 0.717) is 18.1 Å². The largest absolute Gasteiger partial charge is 0.507 e. The smallest absolute Gasteiger partial charge is 0.259 e. The number of benzene rings is 1. The molecule has 0 saturated carbocycles. The second-order valence-electron chi connectivity index (χ2n) is 5.30. The minimum atomic E-state index is -0.268. The van der Waals surface area contributed by atoms with Crippen molar-refractivity contribution in [3.63, 3.8) is 0 Å². The first-order chi connectivity index (χ1) is 10.6. The van der Waals surface area contributed by atoms with Crippen molar-refractivity contribution in [3.05, 3.63) is 57.8 Å². The van der Waals surface area contributed by atoms with E-state index in [9.17, 15) is 9.90 Å². The highest BCUT2D eigenvalue weighted by Crippen LogP contribution is 2.34. The summed E-state index contributed by atoms with van der Waals surface area (Å²) < 4.78 is 0. The second kappa shape index (κ2) is 6.15. The van der Waals surface area contributed by atoms with Crippen LogP contribution in [0.3, 0.4) is 0 Å². The molecule has 1 aliphatic heterocycles. The fraction of sp³-hybridized carbons (Fsp3) is 0.250. The number of amides is 1.